The average Bonchev–Trinajstić information content (AvgIpc) is 2.98. The number of aliphatic hydroxyl groups is 1. The van der Waals surface area contributed by atoms with Crippen LogP contribution in [0.1, 0.15) is 11.4 Å². The molecule has 8 heteroatoms. The van der Waals surface area contributed by atoms with Gasteiger partial charge in [0.1, 0.15) is 0 Å². The molecule has 0 atom stereocenters. The molecule has 0 unspecified atom stereocenters. The second-order valence-corrected chi connectivity index (χ2v) is 5.93. The van der Waals surface area contributed by atoms with Crippen LogP contribution < -0.4 is 4.72 Å². The van der Waals surface area contributed by atoms with Crippen LogP contribution in [0.5, 0.6) is 0 Å². The van der Waals surface area contributed by atoms with Crippen molar-refractivity contribution in [2.24, 2.45) is 7.05 Å². The first kappa shape index (κ1) is 13.8. The third kappa shape index (κ3) is 3.22. The van der Waals surface area contributed by atoms with E-state index in [4.69, 9.17) is 5.11 Å². The summed E-state index contributed by atoms with van der Waals surface area (Å²) in [6.07, 6.45) is 5.22. The molecule has 0 spiro atoms. The van der Waals surface area contributed by atoms with Gasteiger partial charge < -0.3 is 14.7 Å². The van der Waals surface area contributed by atoms with E-state index in [1.807, 2.05) is 0 Å². The molecule has 0 bridgehead atoms. The SMILES string of the molecule is Cn1cc(S(=O)(=O)NCCc2cnc[nH]2)cc1CO. The molecule has 2 heterocycles. The molecule has 2 rings (SSSR count). The molecule has 0 saturated heterocycles. The molecular weight excluding hydrogens is 268 g/mol. The quantitative estimate of drug-likeness (QED) is 0.681. The first-order chi connectivity index (χ1) is 9.03. The van der Waals surface area contributed by atoms with Gasteiger partial charge in [-0.3, -0.25) is 0 Å². The minimum Gasteiger partial charge on any atom is -0.390 e. The molecule has 3 N–H and O–H groups in total. The summed E-state index contributed by atoms with van der Waals surface area (Å²) >= 11 is 0. The van der Waals surface area contributed by atoms with Gasteiger partial charge in [-0.2, -0.15) is 0 Å². The first-order valence-electron chi connectivity index (χ1n) is 5.76. The van der Waals surface area contributed by atoms with Crippen molar-refractivity contribution < 1.29 is 13.5 Å². The smallest absolute Gasteiger partial charge is 0.242 e. The van der Waals surface area contributed by atoms with Crippen molar-refractivity contribution in [3.63, 3.8) is 0 Å². The van der Waals surface area contributed by atoms with Crippen molar-refractivity contribution in [3.8, 4) is 0 Å². The second kappa shape index (κ2) is 5.55. The molecular formula is C11H16N4O3S. The van der Waals surface area contributed by atoms with Gasteiger partial charge in [-0.15, -0.1) is 0 Å². The Hall–Kier alpha value is -1.64. The number of nitrogens with zero attached hydrogens (tertiary/aromatic N) is 2. The topological polar surface area (TPSA) is 100 Å². The van der Waals surface area contributed by atoms with Gasteiger partial charge in [0.25, 0.3) is 0 Å². The highest BCUT2D eigenvalue weighted by molar-refractivity contribution is 7.89. The van der Waals surface area contributed by atoms with Crippen molar-refractivity contribution in [1.29, 1.82) is 0 Å². The number of nitrogens with one attached hydrogen (secondary N) is 2. The summed E-state index contributed by atoms with van der Waals surface area (Å²) in [4.78, 5) is 6.92. The summed E-state index contributed by atoms with van der Waals surface area (Å²) < 4.78 is 28.1. The van der Waals surface area contributed by atoms with Gasteiger partial charge in [0.15, 0.2) is 0 Å². The van der Waals surface area contributed by atoms with Crippen molar-refractivity contribution >= 4 is 10.0 Å². The maximum absolute atomic E-state index is 12.0. The number of aromatic nitrogens is 3. The Morgan fingerprint density at radius 3 is 2.89 bits per heavy atom. The molecule has 7 nitrogen and oxygen atoms in total. The number of hydrogen-bond donors (Lipinski definition) is 3. The average molecular weight is 284 g/mol. The van der Waals surface area contributed by atoms with E-state index >= 15 is 0 Å². The summed E-state index contributed by atoms with van der Waals surface area (Å²) in [6.45, 7) is 0.0913. The summed E-state index contributed by atoms with van der Waals surface area (Å²) in [5.74, 6) is 0. The number of hydrogen-bond acceptors (Lipinski definition) is 4. The van der Waals surface area contributed by atoms with E-state index in [1.165, 1.54) is 12.3 Å². The molecule has 19 heavy (non-hydrogen) atoms. The number of H-pyrrole nitrogens is 1. The highest BCUT2D eigenvalue weighted by Crippen LogP contribution is 2.13. The van der Waals surface area contributed by atoms with E-state index in [-0.39, 0.29) is 18.0 Å². The lowest BCUT2D eigenvalue weighted by Gasteiger charge is -2.03. The standard InChI is InChI=1S/C11H16N4O3S/c1-15-6-11(4-10(15)7-16)19(17,18)14-3-2-9-5-12-8-13-9/h4-6,8,14,16H,2-3,7H2,1H3,(H,12,13). The molecule has 0 aliphatic heterocycles. The van der Waals surface area contributed by atoms with Gasteiger partial charge in [0, 0.05) is 43.8 Å². The van der Waals surface area contributed by atoms with Gasteiger partial charge in [-0.05, 0) is 6.07 Å². The predicted molar refractivity (Wildman–Crippen MR) is 68.8 cm³/mol. The van der Waals surface area contributed by atoms with E-state index in [1.54, 1.807) is 24.1 Å². The van der Waals surface area contributed by atoms with Crippen molar-refractivity contribution in [2.75, 3.05) is 6.54 Å². The fraction of sp³-hybridized carbons (Fsp3) is 0.364. The molecule has 0 radical (unpaired) electrons. The lowest BCUT2D eigenvalue weighted by Crippen LogP contribution is -2.25. The summed E-state index contributed by atoms with van der Waals surface area (Å²) in [6, 6.07) is 1.46. The predicted octanol–water partition coefficient (Wildman–Crippen LogP) is -0.239. The number of aromatic amines is 1. The Kier molecular flexibility index (Phi) is 4.03. The molecule has 0 amide bonds. The molecule has 2 aromatic rings. The van der Waals surface area contributed by atoms with Crippen LogP contribution in [-0.4, -0.2) is 34.6 Å². The molecule has 2 aromatic heterocycles. The minimum absolute atomic E-state index is 0.156. The molecule has 0 fully saturated rings. The number of aryl methyl sites for hydroxylation is 1. The summed E-state index contributed by atoms with van der Waals surface area (Å²) in [7, 11) is -1.85. The second-order valence-electron chi connectivity index (χ2n) is 4.16. The Bertz CT molecular complexity index is 631. The Morgan fingerprint density at radius 1 is 1.53 bits per heavy atom. The molecule has 0 aliphatic rings. The van der Waals surface area contributed by atoms with Gasteiger partial charge in [0.2, 0.25) is 10.0 Å². The van der Waals surface area contributed by atoms with Crippen LogP contribution in [0.2, 0.25) is 0 Å². The number of imidazole rings is 1. The van der Waals surface area contributed by atoms with E-state index < -0.39 is 10.0 Å². The zero-order valence-electron chi connectivity index (χ0n) is 10.5. The van der Waals surface area contributed by atoms with Crippen LogP contribution in [0.4, 0.5) is 0 Å². The zero-order valence-corrected chi connectivity index (χ0v) is 11.3. The van der Waals surface area contributed by atoms with Gasteiger partial charge in [-0.1, -0.05) is 0 Å². The van der Waals surface area contributed by atoms with Crippen LogP contribution >= 0.6 is 0 Å². The van der Waals surface area contributed by atoms with Gasteiger partial charge >= 0.3 is 0 Å². The Balaban J connectivity index is 2.01. The number of aliphatic hydroxyl groups excluding tert-OH is 1. The van der Waals surface area contributed by atoms with E-state index in [0.717, 1.165) is 5.69 Å². The van der Waals surface area contributed by atoms with Crippen molar-refractivity contribution in [1.82, 2.24) is 19.3 Å². The van der Waals surface area contributed by atoms with Crippen LogP contribution in [0.25, 0.3) is 0 Å². The fourth-order valence-corrected chi connectivity index (χ4v) is 2.83. The van der Waals surface area contributed by atoms with Crippen LogP contribution in [0, 0.1) is 0 Å². The maximum Gasteiger partial charge on any atom is 0.242 e. The number of rotatable bonds is 6. The normalized spacial score (nSPS) is 11.9. The monoisotopic (exact) mass is 284 g/mol. The van der Waals surface area contributed by atoms with Gasteiger partial charge in [-0.25, -0.2) is 18.1 Å². The van der Waals surface area contributed by atoms with Gasteiger partial charge in [0.05, 0.1) is 17.8 Å². The van der Waals surface area contributed by atoms with Crippen LogP contribution in [-0.2, 0) is 30.1 Å². The van der Waals surface area contributed by atoms with Crippen molar-refractivity contribution in [2.45, 2.75) is 17.9 Å². The summed E-state index contributed by atoms with van der Waals surface area (Å²) in [5.41, 5.74) is 1.42. The lowest BCUT2D eigenvalue weighted by atomic mass is 10.3. The Morgan fingerprint density at radius 2 is 2.32 bits per heavy atom. The molecule has 0 aliphatic carbocycles. The highest BCUT2D eigenvalue weighted by Gasteiger charge is 2.16. The lowest BCUT2D eigenvalue weighted by molar-refractivity contribution is 0.272. The largest absolute Gasteiger partial charge is 0.390 e. The van der Waals surface area contributed by atoms with E-state index in [9.17, 15) is 8.42 Å². The Labute approximate surface area is 111 Å². The minimum atomic E-state index is -3.54. The van der Waals surface area contributed by atoms with E-state index in [2.05, 4.69) is 14.7 Å². The number of sulfonamides is 1. The molecule has 104 valence electrons. The maximum atomic E-state index is 12.0. The first-order valence-corrected chi connectivity index (χ1v) is 7.24. The fourth-order valence-electron chi connectivity index (χ4n) is 1.71. The third-order valence-corrected chi connectivity index (χ3v) is 4.22. The van der Waals surface area contributed by atoms with Crippen LogP contribution in [0.3, 0.4) is 0 Å². The highest BCUT2D eigenvalue weighted by atomic mass is 32.2. The third-order valence-electron chi connectivity index (χ3n) is 2.80. The van der Waals surface area contributed by atoms with Crippen molar-refractivity contribution in [3.05, 3.63) is 36.2 Å². The molecule has 0 saturated carbocycles. The van der Waals surface area contributed by atoms with Crippen LogP contribution in [0.15, 0.2) is 29.7 Å². The summed E-state index contributed by atoms with van der Waals surface area (Å²) in [5, 5.41) is 9.05. The molecule has 0 aromatic carbocycles. The van der Waals surface area contributed by atoms with E-state index in [0.29, 0.717) is 12.1 Å². The zero-order chi connectivity index (χ0) is 13.9.